The maximum Gasteiger partial charge on any atom is 0.335 e. The van der Waals surface area contributed by atoms with E-state index in [-0.39, 0.29) is 5.56 Å². The van der Waals surface area contributed by atoms with Gasteiger partial charge in [0.25, 0.3) is 0 Å². The van der Waals surface area contributed by atoms with Gasteiger partial charge in [-0.1, -0.05) is 23.4 Å². The van der Waals surface area contributed by atoms with E-state index < -0.39 is 5.97 Å². The van der Waals surface area contributed by atoms with Crippen LogP contribution < -0.4 is 4.74 Å². The summed E-state index contributed by atoms with van der Waals surface area (Å²) in [4.78, 5) is 11.1. The van der Waals surface area contributed by atoms with Gasteiger partial charge >= 0.3 is 5.97 Å². The second-order valence-electron chi connectivity index (χ2n) is 5.06. The lowest BCUT2D eigenvalue weighted by Crippen LogP contribution is -2.02. The SMILES string of the molecule is COc1ccccc1-c1cn(-c2cc(C(=O)O)ccc2C)nn1. The van der Waals surface area contributed by atoms with Crippen molar-refractivity contribution in [2.75, 3.05) is 7.11 Å². The van der Waals surface area contributed by atoms with Crippen molar-refractivity contribution in [3.05, 3.63) is 59.8 Å². The highest BCUT2D eigenvalue weighted by atomic mass is 16.5. The summed E-state index contributed by atoms with van der Waals surface area (Å²) in [6, 6.07) is 12.4. The molecule has 3 aromatic rings. The number of nitrogens with zero attached hydrogens (tertiary/aromatic N) is 3. The highest BCUT2D eigenvalue weighted by Gasteiger charge is 2.12. The molecule has 1 N–H and O–H groups in total. The third-order valence-corrected chi connectivity index (χ3v) is 3.58. The summed E-state index contributed by atoms with van der Waals surface area (Å²) in [6.45, 7) is 1.89. The predicted octanol–water partition coefficient (Wildman–Crippen LogP) is 2.95. The van der Waals surface area contributed by atoms with Crippen LogP contribution in [0.4, 0.5) is 0 Å². The molecule has 0 saturated carbocycles. The van der Waals surface area contributed by atoms with Crippen molar-refractivity contribution in [2.45, 2.75) is 6.92 Å². The zero-order chi connectivity index (χ0) is 16.4. The zero-order valence-electron chi connectivity index (χ0n) is 12.7. The number of carboxylic acid groups (broad SMARTS) is 1. The number of ether oxygens (including phenoxy) is 1. The minimum atomic E-state index is -0.976. The average Bonchev–Trinajstić information content (AvgIpc) is 3.04. The molecule has 1 heterocycles. The molecule has 0 spiro atoms. The lowest BCUT2D eigenvalue weighted by Gasteiger charge is -2.06. The molecule has 1 aromatic heterocycles. The number of aromatic nitrogens is 3. The van der Waals surface area contributed by atoms with Gasteiger partial charge in [-0.3, -0.25) is 0 Å². The summed E-state index contributed by atoms with van der Waals surface area (Å²) in [5.41, 5.74) is 3.28. The lowest BCUT2D eigenvalue weighted by atomic mass is 10.1. The fourth-order valence-corrected chi connectivity index (χ4v) is 2.35. The van der Waals surface area contributed by atoms with Crippen molar-refractivity contribution in [1.29, 1.82) is 0 Å². The van der Waals surface area contributed by atoms with E-state index in [0.717, 1.165) is 11.1 Å². The van der Waals surface area contributed by atoms with E-state index in [4.69, 9.17) is 9.84 Å². The number of para-hydroxylation sites is 1. The number of aryl methyl sites for hydroxylation is 1. The molecule has 0 bridgehead atoms. The van der Waals surface area contributed by atoms with Gasteiger partial charge in [0.15, 0.2) is 0 Å². The number of carbonyl (C=O) groups is 1. The van der Waals surface area contributed by atoms with Gasteiger partial charge in [0, 0.05) is 5.56 Å². The van der Waals surface area contributed by atoms with E-state index in [1.165, 1.54) is 0 Å². The summed E-state index contributed by atoms with van der Waals surface area (Å²) in [6.07, 6.45) is 1.76. The van der Waals surface area contributed by atoms with Gasteiger partial charge in [0.2, 0.25) is 0 Å². The zero-order valence-corrected chi connectivity index (χ0v) is 12.7. The molecule has 2 aromatic carbocycles. The van der Waals surface area contributed by atoms with E-state index >= 15 is 0 Å². The Labute approximate surface area is 133 Å². The maximum absolute atomic E-state index is 11.1. The number of rotatable bonds is 4. The van der Waals surface area contributed by atoms with Gasteiger partial charge in [-0.2, -0.15) is 0 Å². The first kappa shape index (κ1) is 14.8. The highest BCUT2D eigenvalue weighted by Crippen LogP contribution is 2.28. The molecule has 0 atom stereocenters. The molecule has 0 aliphatic carbocycles. The van der Waals surface area contributed by atoms with Crippen LogP contribution in [0.3, 0.4) is 0 Å². The van der Waals surface area contributed by atoms with Crippen molar-refractivity contribution in [1.82, 2.24) is 15.0 Å². The molecule has 23 heavy (non-hydrogen) atoms. The van der Waals surface area contributed by atoms with Crippen LogP contribution in [0.5, 0.6) is 5.75 Å². The molecule has 0 aliphatic rings. The van der Waals surface area contributed by atoms with E-state index in [1.54, 1.807) is 36.2 Å². The summed E-state index contributed by atoms with van der Waals surface area (Å²) in [7, 11) is 1.60. The second kappa shape index (κ2) is 5.92. The minimum Gasteiger partial charge on any atom is -0.496 e. The number of hydrogen-bond acceptors (Lipinski definition) is 4. The molecular formula is C17H15N3O3. The molecule has 0 saturated heterocycles. The molecule has 0 fully saturated rings. The Morgan fingerprint density at radius 2 is 2.00 bits per heavy atom. The second-order valence-corrected chi connectivity index (χ2v) is 5.06. The van der Waals surface area contributed by atoms with Crippen LogP contribution >= 0.6 is 0 Å². The lowest BCUT2D eigenvalue weighted by molar-refractivity contribution is 0.0697. The van der Waals surface area contributed by atoms with Gasteiger partial charge < -0.3 is 9.84 Å². The Balaban J connectivity index is 2.06. The number of methoxy groups -OCH3 is 1. The quantitative estimate of drug-likeness (QED) is 0.801. The van der Waals surface area contributed by atoms with Crippen LogP contribution in [-0.2, 0) is 0 Å². The predicted molar refractivity (Wildman–Crippen MR) is 85.0 cm³/mol. The number of benzene rings is 2. The average molecular weight is 309 g/mol. The topological polar surface area (TPSA) is 77.2 Å². The van der Waals surface area contributed by atoms with Gasteiger partial charge in [0.1, 0.15) is 11.4 Å². The summed E-state index contributed by atoms with van der Waals surface area (Å²) in [5.74, 6) is -0.271. The van der Waals surface area contributed by atoms with E-state index in [0.29, 0.717) is 17.1 Å². The number of carboxylic acids is 1. The van der Waals surface area contributed by atoms with Crippen LogP contribution in [-0.4, -0.2) is 33.2 Å². The maximum atomic E-state index is 11.1. The molecule has 6 heteroatoms. The molecular weight excluding hydrogens is 294 g/mol. The first-order valence-corrected chi connectivity index (χ1v) is 7.00. The van der Waals surface area contributed by atoms with Crippen molar-refractivity contribution in [3.8, 4) is 22.7 Å². The molecule has 116 valence electrons. The molecule has 0 unspecified atom stereocenters. The Morgan fingerprint density at radius 1 is 1.22 bits per heavy atom. The molecule has 0 aliphatic heterocycles. The van der Waals surface area contributed by atoms with Gasteiger partial charge in [-0.05, 0) is 36.8 Å². The van der Waals surface area contributed by atoms with Gasteiger partial charge in [-0.15, -0.1) is 5.10 Å². The largest absolute Gasteiger partial charge is 0.496 e. The fraction of sp³-hybridized carbons (Fsp3) is 0.118. The summed E-state index contributed by atoms with van der Waals surface area (Å²) < 4.78 is 6.91. The van der Waals surface area contributed by atoms with Crippen molar-refractivity contribution in [2.24, 2.45) is 0 Å². The third kappa shape index (κ3) is 2.78. The summed E-state index contributed by atoms with van der Waals surface area (Å²) >= 11 is 0. The van der Waals surface area contributed by atoms with Crippen LogP contribution in [0.2, 0.25) is 0 Å². The first-order valence-electron chi connectivity index (χ1n) is 7.00. The number of hydrogen-bond donors (Lipinski definition) is 1. The Kier molecular flexibility index (Phi) is 3.80. The van der Waals surface area contributed by atoms with Crippen LogP contribution in [0.25, 0.3) is 16.9 Å². The molecule has 6 nitrogen and oxygen atoms in total. The standard InChI is InChI=1S/C17H15N3O3/c1-11-7-8-12(17(21)22)9-15(11)20-10-14(18-19-20)13-5-3-4-6-16(13)23-2/h3-10H,1-2H3,(H,21,22). The van der Waals surface area contributed by atoms with Gasteiger partial charge in [0.05, 0.1) is 24.6 Å². The Hall–Kier alpha value is -3.15. The normalized spacial score (nSPS) is 10.5. The molecule has 0 radical (unpaired) electrons. The smallest absolute Gasteiger partial charge is 0.335 e. The van der Waals surface area contributed by atoms with Crippen LogP contribution in [0, 0.1) is 6.92 Å². The van der Waals surface area contributed by atoms with Crippen molar-refractivity contribution >= 4 is 5.97 Å². The van der Waals surface area contributed by atoms with Crippen molar-refractivity contribution in [3.63, 3.8) is 0 Å². The third-order valence-electron chi connectivity index (χ3n) is 3.58. The Bertz CT molecular complexity index is 871. The van der Waals surface area contributed by atoms with Crippen molar-refractivity contribution < 1.29 is 14.6 Å². The molecule has 0 amide bonds. The fourth-order valence-electron chi connectivity index (χ4n) is 2.35. The van der Waals surface area contributed by atoms with E-state index in [9.17, 15) is 4.79 Å². The molecule has 3 rings (SSSR count). The van der Waals surface area contributed by atoms with Gasteiger partial charge in [-0.25, -0.2) is 9.48 Å². The van der Waals surface area contributed by atoms with E-state index in [2.05, 4.69) is 10.3 Å². The highest BCUT2D eigenvalue weighted by molar-refractivity contribution is 5.88. The monoisotopic (exact) mass is 309 g/mol. The van der Waals surface area contributed by atoms with Crippen LogP contribution in [0.15, 0.2) is 48.7 Å². The van der Waals surface area contributed by atoms with Crippen LogP contribution in [0.1, 0.15) is 15.9 Å². The van der Waals surface area contributed by atoms with E-state index in [1.807, 2.05) is 31.2 Å². The summed E-state index contributed by atoms with van der Waals surface area (Å²) in [5, 5.41) is 17.4. The number of aromatic carboxylic acids is 1. The Morgan fingerprint density at radius 3 is 2.74 bits per heavy atom. The minimum absolute atomic E-state index is 0.208. The first-order chi connectivity index (χ1) is 11.1.